The highest BCUT2D eigenvalue weighted by molar-refractivity contribution is 7.89. The number of nitrogen functional groups attached to an aromatic ring is 1. The number of methoxy groups -OCH3 is 1. The quantitative estimate of drug-likeness (QED) is 0.869. The minimum Gasteiger partial charge on any atom is -0.495 e. The van der Waals surface area contributed by atoms with Crippen LogP contribution in [0.15, 0.2) is 23.1 Å². The molecule has 0 radical (unpaired) electrons. The van der Waals surface area contributed by atoms with Crippen molar-refractivity contribution in [2.45, 2.75) is 43.0 Å². The highest BCUT2D eigenvalue weighted by Crippen LogP contribution is 2.40. The third-order valence-corrected chi connectivity index (χ3v) is 6.68. The minimum absolute atomic E-state index is 0.148. The zero-order chi connectivity index (χ0) is 15.0. The summed E-state index contributed by atoms with van der Waals surface area (Å²) >= 11 is 0. The highest BCUT2D eigenvalue weighted by Gasteiger charge is 2.43. The molecule has 21 heavy (non-hydrogen) atoms. The number of sulfonamides is 1. The molecule has 2 aliphatic rings. The summed E-state index contributed by atoms with van der Waals surface area (Å²) in [6.07, 6.45) is 5.41. The number of benzene rings is 1. The number of fused-ring (bicyclic) bond motifs is 1. The van der Waals surface area contributed by atoms with Crippen LogP contribution < -0.4 is 10.5 Å². The van der Waals surface area contributed by atoms with Crippen LogP contribution in [0.5, 0.6) is 5.75 Å². The summed E-state index contributed by atoms with van der Waals surface area (Å²) in [5, 5.41) is 0. The highest BCUT2D eigenvalue weighted by atomic mass is 32.2. The largest absolute Gasteiger partial charge is 0.495 e. The second-order valence-corrected chi connectivity index (χ2v) is 7.79. The number of nitrogens with zero attached hydrogens (tertiary/aromatic N) is 1. The van der Waals surface area contributed by atoms with Gasteiger partial charge in [0.1, 0.15) is 10.6 Å². The number of ether oxygens (including phenoxy) is 1. The molecule has 2 N–H and O–H groups in total. The molecule has 3 rings (SSSR count). The number of hydrogen-bond acceptors (Lipinski definition) is 4. The Kier molecular flexibility index (Phi) is 3.84. The molecule has 1 heterocycles. The Morgan fingerprint density at radius 2 is 2.00 bits per heavy atom. The first-order valence-electron chi connectivity index (χ1n) is 7.49. The molecule has 0 amide bonds. The topological polar surface area (TPSA) is 72.6 Å². The summed E-state index contributed by atoms with van der Waals surface area (Å²) in [5.74, 6) is 0.879. The number of hydrogen-bond donors (Lipinski definition) is 1. The Bertz CT molecular complexity index is 630. The predicted octanol–water partition coefficient (Wildman–Crippen LogP) is 2.23. The van der Waals surface area contributed by atoms with E-state index in [-0.39, 0.29) is 10.9 Å². The lowest BCUT2D eigenvalue weighted by molar-refractivity contribution is 0.259. The van der Waals surface area contributed by atoms with Crippen LogP contribution in [0.2, 0.25) is 0 Å². The molecule has 6 heteroatoms. The molecule has 1 aromatic rings. The molecule has 5 nitrogen and oxygen atoms in total. The van der Waals surface area contributed by atoms with Crippen molar-refractivity contribution in [3.63, 3.8) is 0 Å². The summed E-state index contributed by atoms with van der Waals surface area (Å²) < 4.78 is 32.9. The van der Waals surface area contributed by atoms with Gasteiger partial charge in [-0.15, -0.1) is 0 Å². The molecule has 2 fully saturated rings. The summed E-state index contributed by atoms with van der Waals surface area (Å²) in [7, 11) is -2.06. The first-order valence-corrected chi connectivity index (χ1v) is 8.93. The van der Waals surface area contributed by atoms with Gasteiger partial charge in [-0.05, 0) is 43.4 Å². The molecule has 1 aliphatic carbocycles. The van der Waals surface area contributed by atoms with E-state index >= 15 is 0 Å². The van der Waals surface area contributed by atoms with Crippen molar-refractivity contribution in [3.8, 4) is 5.75 Å². The fourth-order valence-electron chi connectivity index (χ4n) is 3.68. The maximum absolute atomic E-state index is 13.0. The van der Waals surface area contributed by atoms with E-state index in [1.807, 2.05) is 0 Å². The molecule has 2 unspecified atom stereocenters. The van der Waals surface area contributed by atoms with Gasteiger partial charge in [0.05, 0.1) is 7.11 Å². The minimum atomic E-state index is -3.55. The van der Waals surface area contributed by atoms with Gasteiger partial charge in [0, 0.05) is 18.3 Å². The van der Waals surface area contributed by atoms with Crippen LogP contribution in [0.4, 0.5) is 5.69 Å². The van der Waals surface area contributed by atoms with Gasteiger partial charge in [0.2, 0.25) is 10.0 Å². The maximum Gasteiger partial charge on any atom is 0.247 e. The van der Waals surface area contributed by atoms with Crippen molar-refractivity contribution < 1.29 is 13.2 Å². The van der Waals surface area contributed by atoms with Crippen LogP contribution in [0.25, 0.3) is 0 Å². The fourth-order valence-corrected chi connectivity index (χ4v) is 5.61. The normalized spacial score (nSPS) is 26.5. The Morgan fingerprint density at radius 1 is 1.24 bits per heavy atom. The molecule has 1 saturated heterocycles. The molecule has 1 saturated carbocycles. The van der Waals surface area contributed by atoms with Gasteiger partial charge in [0.25, 0.3) is 0 Å². The van der Waals surface area contributed by atoms with Crippen molar-refractivity contribution in [3.05, 3.63) is 18.2 Å². The van der Waals surface area contributed by atoms with E-state index in [0.717, 1.165) is 25.7 Å². The van der Waals surface area contributed by atoms with Crippen molar-refractivity contribution in [2.24, 2.45) is 5.92 Å². The molecule has 1 aliphatic heterocycles. The molecular weight excluding hydrogens is 288 g/mol. The zero-order valence-corrected chi connectivity index (χ0v) is 13.1. The SMILES string of the molecule is COc1ccc(N)cc1S(=O)(=O)N1CCC2CCCCC21. The van der Waals surface area contributed by atoms with Crippen LogP contribution in [-0.4, -0.2) is 32.4 Å². The van der Waals surface area contributed by atoms with Gasteiger partial charge < -0.3 is 10.5 Å². The van der Waals surface area contributed by atoms with E-state index in [9.17, 15) is 8.42 Å². The fraction of sp³-hybridized carbons (Fsp3) is 0.600. The van der Waals surface area contributed by atoms with E-state index in [4.69, 9.17) is 10.5 Å². The Morgan fingerprint density at radius 3 is 2.76 bits per heavy atom. The number of nitrogens with two attached hydrogens (primary N) is 1. The Hall–Kier alpha value is -1.27. The molecule has 116 valence electrons. The Labute approximate surface area is 126 Å². The van der Waals surface area contributed by atoms with Gasteiger partial charge >= 0.3 is 0 Å². The van der Waals surface area contributed by atoms with Crippen molar-refractivity contribution in [2.75, 3.05) is 19.4 Å². The predicted molar refractivity (Wildman–Crippen MR) is 81.7 cm³/mol. The lowest BCUT2D eigenvalue weighted by atomic mass is 9.86. The van der Waals surface area contributed by atoms with Crippen LogP contribution in [0, 0.1) is 5.92 Å². The van der Waals surface area contributed by atoms with Crippen LogP contribution in [0.3, 0.4) is 0 Å². The first kappa shape index (κ1) is 14.7. The Balaban J connectivity index is 1.99. The van der Waals surface area contributed by atoms with Crippen molar-refractivity contribution >= 4 is 15.7 Å². The van der Waals surface area contributed by atoms with Gasteiger partial charge in [-0.1, -0.05) is 12.8 Å². The van der Waals surface area contributed by atoms with Crippen molar-refractivity contribution in [1.82, 2.24) is 4.31 Å². The van der Waals surface area contributed by atoms with Gasteiger partial charge in [-0.3, -0.25) is 0 Å². The third kappa shape index (κ3) is 2.51. The summed E-state index contributed by atoms with van der Waals surface area (Å²) in [6, 6.07) is 4.93. The number of rotatable bonds is 3. The smallest absolute Gasteiger partial charge is 0.247 e. The van der Waals surface area contributed by atoms with E-state index in [0.29, 0.717) is 23.9 Å². The first-order chi connectivity index (χ1) is 10.0. The average Bonchev–Trinajstić information content (AvgIpc) is 2.92. The molecule has 0 spiro atoms. The van der Waals surface area contributed by atoms with E-state index in [1.54, 1.807) is 16.4 Å². The van der Waals surface area contributed by atoms with Crippen LogP contribution in [0.1, 0.15) is 32.1 Å². The van der Waals surface area contributed by atoms with Crippen LogP contribution in [-0.2, 0) is 10.0 Å². The average molecular weight is 310 g/mol. The van der Waals surface area contributed by atoms with Gasteiger partial charge in [0.15, 0.2) is 0 Å². The second-order valence-electron chi connectivity index (χ2n) is 5.93. The molecule has 0 aromatic heterocycles. The molecular formula is C15H22N2O3S. The number of anilines is 1. The monoisotopic (exact) mass is 310 g/mol. The van der Waals surface area contributed by atoms with Crippen LogP contribution >= 0.6 is 0 Å². The maximum atomic E-state index is 13.0. The standard InChI is InChI=1S/C15H22N2O3S/c1-20-14-7-6-12(16)10-15(14)21(18,19)17-9-8-11-4-2-3-5-13(11)17/h6-7,10-11,13H,2-5,8-9,16H2,1H3. The van der Waals surface area contributed by atoms with E-state index in [1.165, 1.54) is 19.6 Å². The second kappa shape index (κ2) is 5.50. The third-order valence-electron chi connectivity index (χ3n) is 4.73. The lowest BCUT2D eigenvalue weighted by Crippen LogP contribution is -2.39. The van der Waals surface area contributed by atoms with E-state index in [2.05, 4.69) is 0 Å². The molecule has 1 aromatic carbocycles. The summed E-state index contributed by atoms with van der Waals surface area (Å²) in [6.45, 7) is 0.607. The molecule has 2 atom stereocenters. The van der Waals surface area contributed by atoms with Crippen molar-refractivity contribution in [1.29, 1.82) is 0 Å². The van der Waals surface area contributed by atoms with E-state index < -0.39 is 10.0 Å². The summed E-state index contributed by atoms with van der Waals surface area (Å²) in [5.41, 5.74) is 6.21. The van der Waals surface area contributed by atoms with Gasteiger partial charge in [-0.25, -0.2) is 8.42 Å². The lowest BCUT2D eigenvalue weighted by Gasteiger charge is -2.31. The summed E-state index contributed by atoms with van der Waals surface area (Å²) in [4.78, 5) is 0.191. The van der Waals surface area contributed by atoms with Gasteiger partial charge in [-0.2, -0.15) is 4.31 Å². The molecule has 0 bridgehead atoms. The zero-order valence-electron chi connectivity index (χ0n) is 12.3.